The molecule has 18 heavy (non-hydrogen) atoms. The third-order valence-corrected chi connectivity index (χ3v) is 2.84. The van der Waals surface area contributed by atoms with Gasteiger partial charge in [-0.25, -0.2) is 0 Å². The van der Waals surface area contributed by atoms with Crippen molar-refractivity contribution in [3.63, 3.8) is 0 Å². The van der Waals surface area contributed by atoms with Crippen molar-refractivity contribution in [3.05, 3.63) is 66.4 Å². The Morgan fingerprint density at radius 3 is 2.33 bits per heavy atom. The van der Waals surface area contributed by atoms with E-state index in [0.717, 1.165) is 5.69 Å². The van der Waals surface area contributed by atoms with Gasteiger partial charge in [0.2, 0.25) is 0 Å². The van der Waals surface area contributed by atoms with Gasteiger partial charge >= 0.3 is 0 Å². The molecule has 0 saturated heterocycles. The first-order chi connectivity index (χ1) is 8.66. The standard InChI is InChI=1S/C9H9N.C7H9N/c1-10-7-6-8-4-2-3-5-9(8)10;1-6-3-2-4-7(8)5-6/h2-7H,1H3;2-5H,8H2,1H3. The van der Waals surface area contributed by atoms with E-state index in [1.165, 1.54) is 16.5 Å². The van der Waals surface area contributed by atoms with Crippen LogP contribution < -0.4 is 5.73 Å². The molecule has 0 saturated carbocycles. The second-order valence-corrected chi connectivity index (χ2v) is 4.40. The molecule has 3 rings (SSSR count). The Bertz CT molecular complexity index is 621. The number of fused-ring (bicyclic) bond motifs is 1. The van der Waals surface area contributed by atoms with Gasteiger partial charge in [-0.3, -0.25) is 0 Å². The molecule has 1 aromatic heterocycles. The van der Waals surface area contributed by atoms with Crippen LogP contribution in [0.1, 0.15) is 5.56 Å². The number of nitrogens with zero attached hydrogens (tertiary/aromatic N) is 1. The van der Waals surface area contributed by atoms with Gasteiger partial charge in [-0.2, -0.15) is 0 Å². The zero-order chi connectivity index (χ0) is 13.0. The van der Waals surface area contributed by atoms with E-state index in [2.05, 4.69) is 48.1 Å². The molecule has 0 spiro atoms. The molecule has 2 N–H and O–H groups in total. The topological polar surface area (TPSA) is 30.9 Å². The van der Waals surface area contributed by atoms with Gasteiger partial charge in [-0.05, 0) is 42.1 Å². The highest BCUT2D eigenvalue weighted by Crippen LogP contribution is 2.12. The lowest BCUT2D eigenvalue weighted by atomic mass is 10.2. The van der Waals surface area contributed by atoms with E-state index < -0.39 is 0 Å². The minimum Gasteiger partial charge on any atom is -0.399 e. The van der Waals surface area contributed by atoms with Crippen LogP contribution in [0.4, 0.5) is 5.69 Å². The van der Waals surface area contributed by atoms with Crippen molar-refractivity contribution < 1.29 is 0 Å². The quantitative estimate of drug-likeness (QED) is 0.594. The summed E-state index contributed by atoms with van der Waals surface area (Å²) in [7, 11) is 2.06. The van der Waals surface area contributed by atoms with Crippen molar-refractivity contribution in [2.24, 2.45) is 7.05 Å². The second-order valence-electron chi connectivity index (χ2n) is 4.40. The maximum absolute atomic E-state index is 5.46. The summed E-state index contributed by atoms with van der Waals surface area (Å²) in [5.41, 5.74) is 8.80. The summed E-state index contributed by atoms with van der Waals surface area (Å²) >= 11 is 0. The lowest BCUT2D eigenvalue weighted by Gasteiger charge is -1.92. The molecule has 2 nitrogen and oxygen atoms in total. The number of nitrogens with two attached hydrogens (primary N) is 1. The molecule has 0 atom stereocenters. The summed E-state index contributed by atoms with van der Waals surface area (Å²) < 4.78 is 2.12. The average Bonchev–Trinajstić information content (AvgIpc) is 2.72. The molecule has 0 amide bonds. The zero-order valence-corrected chi connectivity index (χ0v) is 10.8. The van der Waals surface area contributed by atoms with Crippen molar-refractivity contribution in [3.8, 4) is 0 Å². The number of nitrogen functional groups attached to an aromatic ring is 1. The van der Waals surface area contributed by atoms with Gasteiger partial charge in [0, 0.05) is 24.4 Å². The summed E-state index contributed by atoms with van der Waals surface area (Å²) in [6, 6.07) is 18.3. The monoisotopic (exact) mass is 238 g/mol. The first-order valence-electron chi connectivity index (χ1n) is 5.99. The fraction of sp³-hybridized carbons (Fsp3) is 0.125. The summed E-state index contributed by atoms with van der Waals surface area (Å²) in [5.74, 6) is 0. The van der Waals surface area contributed by atoms with E-state index in [9.17, 15) is 0 Å². The smallest absolute Gasteiger partial charge is 0.0477 e. The highest BCUT2D eigenvalue weighted by atomic mass is 14.9. The number of hydrogen-bond acceptors (Lipinski definition) is 1. The van der Waals surface area contributed by atoms with Crippen LogP contribution in [0.25, 0.3) is 10.9 Å². The van der Waals surface area contributed by atoms with Gasteiger partial charge < -0.3 is 10.3 Å². The van der Waals surface area contributed by atoms with E-state index >= 15 is 0 Å². The molecular formula is C16H18N2. The Morgan fingerprint density at radius 1 is 0.944 bits per heavy atom. The Balaban J connectivity index is 0.000000138. The predicted molar refractivity (Wildman–Crippen MR) is 78.5 cm³/mol. The Labute approximate surface area is 108 Å². The van der Waals surface area contributed by atoms with Gasteiger partial charge in [0.25, 0.3) is 0 Å². The molecule has 0 aliphatic carbocycles. The number of benzene rings is 2. The fourth-order valence-electron chi connectivity index (χ4n) is 1.89. The van der Waals surface area contributed by atoms with E-state index in [1.807, 2.05) is 31.2 Å². The van der Waals surface area contributed by atoms with Crippen LogP contribution in [0.5, 0.6) is 0 Å². The third kappa shape index (κ3) is 2.92. The lowest BCUT2D eigenvalue weighted by molar-refractivity contribution is 0.969. The number of para-hydroxylation sites is 1. The average molecular weight is 238 g/mol. The van der Waals surface area contributed by atoms with Crippen LogP contribution >= 0.6 is 0 Å². The maximum atomic E-state index is 5.46. The summed E-state index contributed by atoms with van der Waals surface area (Å²) in [6.07, 6.45) is 2.07. The molecule has 2 aromatic carbocycles. The first-order valence-corrected chi connectivity index (χ1v) is 5.99. The van der Waals surface area contributed by atoms with Crippen LogP contribution in [0.2, 0.25) is 0 Å². The van der Waals surface area contributed by atoms with Crippen molar-refractivity contribution in [2.45, 2.75) is 6.92 Å². The molecule has 92 valence electrons. The van der Waals surface area contributed by atoms with Crippen molar-refractivity contribution in [1.82, 2.24) is 4.57 Å². The molecule has 3 aromatic rings. The summed E-state index contributed by atoms with van der Waals surface area (Å²) in [6.45, 7) is 2.02. The SMILES string of the molecule is Cc1cccc(N)c1.Cn1ccc2ccccc21. The fourth-order valence-corrected chi connectivity index (χ4v) is 1.89. The molecule has 2 heteroatoms. The molecule has 0 bridgehead atoms. The molecule has 0 radical (unpaired) electrons. The molecule has 0 aliphatic rings. The minimum absolute atomic E-state index is 0.838. The molecule has 0 fully saturated rings. The van der Waals surface area contributed by atoms with Gasteiger partial charge in [0.15, 0.2) is 0 Å². The Morgan fingerprint density at radius 2 is 1.72 bits per heavy atom. The minimum atomic E-state index is 0.838. The number of aromatic nitrogens is 1. The Kier molecular flexibility index (Phi) is 3.68. The van der Waals surface area contributed by atoms with Gasteiger partial charge in [-0.1, -0.05) is 30.3 Å². The summed E-state index contributed by atoms with van der Waals surface area (Å²) in [5, 5.41) is 1.31. The molecule has 0 unspecified atom stereocenters. The lowest BCUT2D eigenvalue weighted by Crippen LogP contribution is -1.82. The van der Waals surface area contributed by atoms with Crippen molar-refractivity contribution in [1.29, 1.82) is 0 Å². The van der Waals surface area contributed by atoms with E-state index in [0.29, 0.717) is 0 Å². The highest BCUT2D eigenvalue weighted by Gasteiger charge is 1.92. The third-order valence-electron chi connectivity index (χ3n) is 2.84. The Hall–Kier alpha value is -2.22. The first kappa shape index (κ1) is 12.2. The van der Waals surface area contributed by atoms with Gasteiger partial charge in [0.05, 0.1) is 0 Å². The van der Waals surface area contributed by atoms with Crippen LogP contribution in [-0.4, -0.2) is 4.57 Å². The number of anilines is 1. The number of rotatable bonds is 0. The summed E-state index contributed by atoms with van der Waals surface area (Å²) in [4.78, 5) is 0. The van der Waals surface area contributed by atoms with Gasteiger partial charge in [0.1, 0.15) is 0 Å². The number of aryl methyl sites for hydroxylation is 2. The van der Waals surface area contributed by atoms with Gasteiger partial charge in [-0.15, -0.1) is 0 Å². The normalized spacial score (nSPS) is 9.89. The van der Waals surface area contributed by atoms with Crippen LogP contribution in [0.3, 0.4) is 0 Å². The van der Waals surface area contributed by atoms with Crippen molar-refractivity contribution >= 4 is 16.6 Å². The largest absolute Gasteiger partial charge is 0.399 e. The predicted octanol–water partition coefficient (Wildman–Crippen LogP) is 3.76. The van der Waals surface area contributed by atoms with Crippen molar-refractivity contribution in [2.75, 3.05) is 5.73 Å². The van der Waals surface area contributed by atoms with E-state index in [1.54, 1.807) is 0 Å². The van der Waals surface area contributed by atoms with Crippen LogP contribution in [0, 0.1) is 6.92 Å². The second kappa shape index (κ2) is 5.41. The van der Waals surface area contributed by atoms with Crippen LogP contribution in [0.15, 0.2) is 60.8 Å². The van der Waals surface area contributed by atoms with E-state index in [4.69, 9.17) is 5.73 Å². The zero-order valence-electron chi connectivity index (χ0n) is 10.8. The number of hydrogen-bond donors (Lipinski definition) is 1. The molecule has 1 heterocycles. The van der Waals surface area contributed by atoms with Crippen LogP contribution in [-0.2, 0) is 7.05 Å². The van der Waals surface area contributed by atoms with E-state index in [-0.39, 0.29) is 0 Å². The molecule has 0 aliphatic heterocycles. The highest BCUT2D eigenvalue weighted by molar-refractivity contribution is 5.79. The molecular weight excluding hydrogens is 220 g/mol. The maximum Gasteiger partial charge on any atom is 0.0477 e.